The fourth-order valence-electron chi connectivity index (χ4n) is 3.67. The molecule has 37 heavy (non-hydrogen) atoms. The zero-order valence-electron chi connectivity index (χ0n) is 21.7. The normalized spacial score (nSPS) is 11.4. The van der Waals surface area contributed by atoms with Gasteiger partial charge in [0.1, 0.15) is 5.52 Å². The Kier molecular flexibility index (Phi) is 11.2. The molecule has 3 N–H and O–H groups in total. The third-order valence-corrected chi connectivity index (χ3v) is 6.74. The summed E-state index contributed by atoms with van der Waals surface area (Å²) in [6, 6.07) is 8.04. The number of imidazole rings is 1. The Morgan fingerprint density at radius 1 is 1.16 bits per heavy atom. The number of aromatic nitrogens is 4. The number of nitrogens with zero attached hydrogens (tertiary/aromatic N) is 4. The van der Waals surface area contributed by atoms with Gasteiger partial charge in [-0.3, -0.25) is 9.36 Å². The van der Waals surface area contributed by atoms with Gasteiger partial charge in [0.15, 0.2) is 11.5 Å². The minimum Gasteiger partial charge on any atom is -0.469 e. The van der Waals surface area contributed by atoms with Crippen molar-refractivity contribution >= 4 is 34.9 Å². The van der Waals surface area contributed by atoms with Gasteiger partial charge in [-0.25, -0.2) is 9.10 Å². The Morgan fingerprint density at radius 2 is 2.00 bits per heavy atom. The number of esters is 1. The molecule has 0 aliphatic heterocycles. The number of rotatable bonds is 16. The standard InChI is InChI=1S/C25H36N6O5S/c1-4-5-14-36-24-28-22(26)21-23(29-24)31(25(33)27-21)12-7-6-11-30(13-15-34-2)37-19-10-8-9-18(16-19)17-20(32)35-3/h8-10,16H,4-7,11-15,17H2,1-3H3,(H,27,33)(H2,26,28,29). The maximum atomic E-state index is 12.6. The van der Waals surface area contributed by atoms with Crippen molar-refractivity contribution < 1.29 is 19.0 Å². The van der Waals surface area contributed by atoms with Gasteiger partial charge < -0.3 is 24.9 Å². The summed E-state index contributed by atoms with van der Waals surface area (Å²) in [5, 5.41) is 0. The predicted octanol–water partition coefficient (Wildman–Crippen LogP) is 3.03. The molecule has 0 unspecified atom stereocenters. The van der Waals surface area contributed by atoms with Crippen LogP contribution in [0.4, 0.5) is 5.82 Å². The Morgan fingerprint density at radius 3 is 2.76 bits per heavy atom. The molecule has 0 spiro atoms. The van der Waals surface area contributed by atoms with Crippen LogP contribution in [0.5, 0.6) is 6.01 Å². The molecule has 2 heterocycles. The van der Waals surface area contributed by atoms with Crippen molar-refractivity contribution in [3.05, 3.63) is 40.3 Å². The van der Waals surface area contributed by atoms with E-state index in [0.717, 1.165) is 49.2 Å². The van der Waals surface area contributed by atoms with Gasteiger partial charge >= 0.3 is 17.7 Å². The average molecular weight is 533 g/mol. The Balaban J connectivity index is 1.62. The number of ether oxygens (including phenoxy) is 3. The number of carbonyl (C=O) groups is 1. The quantitative estimate of drug-likeness (QED) is 0.161. The summed E-state index contributed by atoms with van der Waals surface area (Å²) in [7, 11) is 3.07. The van der Waals surface area contributed by atoms with E-state index in [1.54, 1.807) is 23.6 Å². The van der Waals surface area contributed by atoms with E-state index in [-0.39, 0.29) is 29.9 Å². The lowest BCUT2D eigenvalue weighted by Gasteiger charge is -2.21. The topological polar surface area (TPSA) is 138 Å². The maximum absolute atomic E-state index is 12.6. The molecule has 0 fully saturated rings. The first-order valence-electron chi connectivity index (χ1n) is 12.4. The number of aryl methyl sites for hydroxylation is 1. The second-order valence-electron chi connectivity index (χ2n) is 8.49. The van der Waals surface area contributed by atoms with Crippen molar-refractivity contribution in [2.75, 3.05) is 46.3 Å². The Bertz CT molecular complexity index is 1210. The number of nitrogen functional groups attached to an aromatic ring is 1. The molecule has 0 radical (unpaired) electrons. The van der Waals surface area contributed by atoms with Crippen LogP contribution in [0.3, 0.4) is 0 Å². The van der Waals surface area contributed by atoms with Gasteiger partial charge in [-0.05, 0) is 48.9 Å². The highest BCUT2D eigenvalue weighted by atomic mass is 32.2. The molecule has 11 nitrogen and oxygen atoms in total. The minimum absolute atomic E-state index is 0.183. The van der Waals surface area contributed by atoms with Crippen LogP contribution in [0.1, 0.15) is 38.2 Å². The highest BCUT2D eigenvalue weighted by Crippen LogP contribution is 2.24. The third kappa shape index (κ3) is 8.48. The lowest BCUT2D eigenvalue weighted by molar-refractivity contribution is -0.139. The molecule has 0 bridgehead atoms. The highest BCUT2D eigenvalue weighted by molar-refractivity contribution is 7.97. The molecular formula is C25H36N6O5S. The summed E-state index contributed by atoms with van der Waals surface area (Å²) in [6.07, 6.45) is 3.72. The van der Waals surface area contributed by atoms with Gasteiger partial charge in [0.2, 0.25) is 0 Å². The SMILES string of the molecule is CCCCOc1nc(N)c2[nH]c(=O)n(CCCCN(CCOC)Sc3cccc(CC(=O)OC)c3)c2n1. The maximum Gasteiger partial charge on any atom is 0.327 e. The molecular weight excluding hydrogens is 496 g/mol. The number of unbranched alkanes of at least 4 members (excludes halogenated alkanes) is 2. The first kappa shape index (κ1) is 28.5. The average Bonchev–Trinajstić information content (AvgIpc) is 3.20. The van der Waals surface area contributed by atoms with Crippen LogP contribution < -0.4 is 16.2 Å². The molecule has 1 aromatic carbocycles. The lowest BCUT2D eigenvalue weighted by atomic mass is 10.1. The van der Waals surface area contributed by atoms with Crippen LogP contribution in [-0.4, -0.2) is 70.3 Å². The number of hydrogen-bond donors (Lipinski definition) is 2. The molecule has 0 saturated heterocycles. The zero-order chi connectivity index (χ0) is 26.6. The van der Waals surface area contributed by atoms with Gasteiger partial charge in [0, 0.05) is 31.6 Å². The van der Waals surface area contributed by atoms with Crippen molar-refractivity contribution in [3.8, 4) is 6.01 Å². The zero-order valence-corrected chi connectivity index (χ0v) is 22.5. The van der Waals surface area contributed by atoms with Gasteiger partial charge in [-0.15, -0.1) is 0 Å². The summed E-state index contributed by atoms with van der Waals surface area (Å²) < 4.78 is 19.5. The summed E-state index contributed by atoms with van der Waals surface area (Å²) in [5.74, 6) is -0.0681. The summed E-state index contributed by atoms with van der Waals surface area (Å²) in [5.41, 5.74) is 7.56. The van der Waals surface area contributed by atoms with Gasteiger partial charge in [0.05, 0.1) is 26.7 Å². The molecule has 0 saturated carbocycles. The van der Waals surface area contributed by atoms with Crippen LogP contribution in [0.15, 0.2) is 34.0 Å². The van der Waals surface area contributed by atoms with E-state index >= 15 is 0 Å². The summed E-state index contributed by atoms with van der Waals surface area (Å²) >= 11 is 1.62. The predicted molar refractivity (Wildman–Crippen MR) is 144 cm³/mol. The van der Waals surface area contributed by atoms with Crippen LogP contribution >= 0.6 is 11.9 Å². The van der Waals surface area contributed by atoms with E-state index in [2.05, 4.69) is 26.2 Å². The lowest BCUT2D eigenvalue weighted by Crippen LogP contribution is -2.23. The second kappa shape index (κ2) is 14.6. The van der Waals surface area contributed by atoms with Gasteiger partial charge in [-0.1, -0.05) is 25.5 Å². The highest BCUT2D eigenvalue weighted by Gasteiger charge is 2.15. The van der Waals surface area contributed by atoms with E-state index < -0.39 is 0 Å². The molecule has 3 rings (SSSR count). The van der Waals surface area contributed by atoms with Crippen molar-refractivity contribution in [2.45, 2.75) is 50.5 Å². The third-order valence-electron chi connectivity index (χ3n) is 5.65. The van der Waals surface area contributed by atoms with Crippen LogP contribution in [0.25, 0.3) is 11.2 Å². The molecule has 3 aromatic rings. The monoisotopic (exact) mass is 532 g/mol. The number of anilines is 1. The van der Waals surface area contributed by atoms with E-state index in [1.807, 2.05) is 24.3 Å². The summed E-state index contributed by atoms with van der Waals surface area (Å²) in [4.78, 5) is 36.6. The minimum atomic E-state index is -0.269. The molecule has 12 heteroatoms. The molecule has 0 aliphatic carbocycles. The number of fused-ring (bicyclic) bond motifs is 1. The number of nitrogens with two attached hydrogens (primary N) is 1. The van der Waals surface area contributed by atoms with Crippen molar-refractivity contribution in [2.24, 2.45) is 0 Å². The Labute approximate surface area is 220 Å². The largest absolute Gasteiger partial charge is 0.469 e. The smallest absolute Gasteiger partial charge is 0.327 e. The van der Waals surface area contributed by atoms with E-state index in [4.69, 9.17) is 19.9 Å². The van der Waals surface area contributed by atoms with Gasteiger partial charge in [-0.2, -0.15) is 9.97 Å². The summed E-state index contributed by atoms with van der Waals surface area (Å²) in [6.45, 7) is 5.17. The number of carbonyl (C=O) groups excluding carboxylic acids is 1. The second-order valence-corrected chi connectivity index (χ2v) is 9.66. The van der Waals surface area contributed by atoms with Gasteiger partial charge in [0.25, 0.3) is 0 Å². The molecule has 0 atom stereocenters. The van der Waals surface area contributed by atoms with Crippen LogP contribution in [0, 0.1) is 0 Å². The molecule has 2 aromatic heterocycles. The fraction of sp³-hybridized carbons (Fsp3) is 0.520. The fourth-order valence-corrected chi connectivity index (χ4v) is 4.69. The number of aromatic amines is 1. The number of benzene rings is 1. The first-order valence-corrected chi connectivity index (χ1v) is 13.2. The molecule has 0 aliphatic rings. The number of methoxy groups -OCH3 is 2. The molecule has 0 amide bonds. The number of hydrogen-bond acceptors (Lipinski definition) is 10. The van der Waals surface area contributed by atoms with E-state index in [9.17, 15) is 9.59 Å². The first-order chi connectivity index (χ1) is 17.9. The van der Waals surface area contributed by atoms with Crippen molar-refractivity contribution in [1.82, 2.24) is 23.8 Å². The van der Waals surface area contributed by atoms with Crippen molar-refractivity contribution in [1.29, 1.82) is 0 Å². The van der Waals surface area contributed by atoms with E-state index in [0.29, 0.717) is 30.9 Å². The number of nitrogens with one attached hydrogen (secondary N) is 1. The van der Waals surface area contributed by atoms with Crippen LogP contribution in [0.2, 0.25) is 0 Å². The Hall–Kier alpha value is -3.09. The van der Waals surface area contributed by atoms with E-state index in [1.165, 1.54) is 7.11 Å². The van der Waals surface area contributed by atoms with Crippen molar-refractivity contribution in [3.63, 3.8) is 0 Å². The molecule has 202 valence electrons. The number of H-pyrrole nitrogens is 1. The van der Waals surface area contributed by atoms with Crippen LogP contribution in [-0.2, 0) is 27.2 Å².